The molecule has 0 saturated heterocycles. The maximum atomic E-state index is 12.1. The van der Waals surface area contributed by atoms with Crippen molar-refractivity contribution >= 4 is 17.6 Å². The molecule has 24 heavy (non-hydrogen) atoms. The van der Waals surface area contributed by atoms with E-state index in [1.54, 1.807) is 31.2 Å². The van der Waals surface area contributed by atoms with E-state index in [2.05, 4.69) is 10.3 Å². The van der Waals surface area contributed by atoms with Crippen LogP contribution in [-0.4, -0.2) is 35.1 Å². The van der Waals surface area contributed by atoms with Crippen LogP contribution in [0.5, 0.6) is 5.75 Å². The number of rotatable bonds is 6. The molecule has 1 aromatic carbocycles. The van der Waals surface area contributed by atoms with E-state index in [0.717, 1.165) is 6.07 Å². The van der Waals surface area contributed by atoms with Crippen LogP contribution in [0.1, 0.15) is 17.4 Å². The Morgan fingerprint density at radius 3 is 2.62 bits per heavy atom. The number of hydrogen-bond acceptors (Lipinski definition) is 6. The lowest BCUT2D eigenvalue weighted by Crippen LogP contribution is -2.27. The van der Waals surface area contributed by atoms with Gasteiger partial charge in [-0.3, -0.25) is 14.6 Å². The largest absolute Gasteiger partial charge is 0.480 e. The van der Waals surface area contributed by atoms with Crippen molar-refractivity contribution in [3.63, 3.8) is 0 Å². The molecule has 9 nitrogen and oxygen atoms in total. The minimum atomic E-state index is -0.792. The standard InChI is InChI=1S/C15H15N3O6/c1-2-23-13(20)8-24-11-6-4-3-5-9(11)16-14(21)10-7-12(19)18-15(22)17-10/h3-7H,2,8H2,1H3,(H,16,21)(H2,17,18,19,22). The summed E-state index contributed by atoms with van der Waals surface area (Å²) in [6.45, 7) is 1.59. The highest BCUT2D eigenvalue weighted by Crippen LogP contribution is 2.24. The second kappa shape index (κ2) is 7.77. The monoisotopic (exact) mass is 333 g/mol. The van der Waals surface area contributed by atoms with Gasteiger partial charge in [-0.1, -0.05) is 12.1 Å². The number of para-hydroxylation sites is 2. The highest BCUT2D eigenvalue weighted by molar-refractivity contribution is 6.03. The number of H-pyrrole nitrogens is 2. The van der Waals surface area contributed by atoms with E-state index in [0.29, 0.717) is 0 Å². The summed E-state index contributed by atoms with van der Waals surface area (Å²) >= 11 is 0. The lowest BCUT2D eigenvalue weighted by molar-refractivity contribution is -0.145. The number of amides is 1. The van der Waals surface area contributed by atoms with Crippen molar-refractivity contribution in [3.8, 4) is 5.75 Å². The zero-order chi connectivity index (χ0) is 17.5. The van der Waals surface area contributed by atoms with Crippen LogP contribution in [0.4, 0.5) is 5.69 Å². The van der Waals surface area contributed by atoms with Crippen LogP contribution in [0.3, 0.4) is 0 Å². The summed E-state index contributed by atoms with van der Waals surface area (Å²) < 4.78 is 10.1. The predicted molar refractivity (Wildman–Crippen MR) is 84.2 cm³/mol. The Labute approximate surface area is 135 Å². The van der Waals surface area contributed by atoms with Crippen molar-refractivity contribution in [2.24, 2.45) is 0 Å². The maximum Gasteiger partial charge on any atom is 0.344 e. The topological polar surface area (TPSA) is 130 Å². The van der Waals surface area contributed by atoms with Gasteiger partial charge in [0.15, 0.2) is 6.61 Å². The highest BCUT2D eigenvalue weighted by Gasteiger charge is 2.12. The fourth-order valence-corrected chi connectivity index (χ4v) is 1.82. The van der Waals surface area contributed by atoms with E-state index in [4.69, 9.17) is 9.47 Å². The molecule has 0 bridgehead atoms. The van der Waals surface area contributed by atoms with Gasteiger partial charge in [-0.15, -0.1) is 0 Å². The minimum Gasteiger partial charge on any atom is -0.480 e. The first-order valence-electron chi connectivity index (χ1n) is 7.02. The number of aromatic nitrogens is 2. The number of aromatic amines is 2. The van der Waals surface area contributed by atoms with Gasteiger partial charge < -0.3 is 19.8 Å². The molecule has 2 rings (SSSR count). The van der Waals surface area contributed by atoms with E-state index >= 15 is 0 Å². The number of carbonyl (C=O) groups excluding carboxylic acids is 2. The van der Waals surface area contributed by atoms with E-state index < -0.39 is 23.1 Å². The molecule has 0 aliphatic heterocycles. The third-order valence-electron chi connectivity index (χ3n) is 2.79. The van der Waals surface area contributed by atoms with E-state index in [-0.39, 0.29) is 30.3 Å². The van der Waals surface area contributed by atoms with Crippen molar-refractivity contribution in [2.75, 3.05) is 18.5 Å². The summed E-state index contributed by atoms with van der Waals surface area (Å²) in [5, 5.41) is 2.50. The average molecular weight is 333 g/mol. The van der Waals surface area contributed by atoms with Crippen molar-refractivity contribution in [2.45, 2.75) is 6.92 Å². The third kappa shape index (κ3) is 4.57. The van der Waals surface area contributed by atoms with E-state index in [1.165, 1.54) is 0 Å². The summed E-state index contributed by atoms with van der Waals surface area (Å²) in [4.78, 5) is 50.1. The second-order valence-electron chi connectivity index (χ2n) is 4.55. The molecule has 126 valence electrons. The van der Waals surface area contributed by atoms with Gasteiger partial charge in [0.25, 0.3) is 11.5 Å². The Balaban J connectivity index is 2.14. The molecule has 0 radical (unpaired) electrons. The molecular formula is C15H15N3O6. The van der Waals surface area contributed by atoms with E-state index in [9.17, 15) is 19.2 Å². The summed E-state index contributed by atoms with van der Waals surface area (Å²) in [6, 6.07) is 7.36. The molecule has 0 unspecified atom stereocenters. The van der Waals surface area contributed by atoms with Gasteiger partial charge in [0, 0.05) is 6.07 Å². The first kappa shape index (κ1) is 17.0. The van der Waals surface area contributed by atoms with Crippen LogP contribution in [0, 0.1) is 0 Å². The number of carbonyl (C=O) groups is 2. The van der Waals surface area contributed by atoms with Crippen molar-refractivity contribution in [1.29, 1.82) is 0 Å². The molecule has 0 fully saturated rings. The Kier molecular flexibility index (Phi) is 5.50. The fraction of sp³-hybridized carbons (Fsp3) is 0.200. The van der Waals surface area contributed by atoms with Gasteiger partial charge in [0.2, 0.25) is 0 Å². The maximum absolute atomic E-state index is 12.1. The normalized spacial score (nSPS) is 10.0. The fourth-order valence-electron chi connectivity index (χ4n) is 1.82. The number of nitrogens with one attached hydrogen (secondary N) is 3. The Bertz CT molecular complexity index is 826. The molecule has 3 N–H and O–H groups in total. The molecule has 1 heterocycles. The molecule has 0 spiro atoms. The Morgan fingerprint density at radius 1 is 1.17 bits per heavy atom. The predicted octanol–water partition coefficient (Wildman–Crippen LogP) is 0.257. The van der Waals surface area contributed by atoms with Crippen LogP contribution in [0.15, 0.2) is 39.9 Å². The quantitative estimate of drug-likeness (QED) is 0.650. The first-order chi connectivity index (χ1) is 11.5. The lowest BCUT2D eigenvalue weighted by atomic mass is 10.2. The molecule has 0 atom stereocenters. The third-order valence-corrected chi connectivity index (χ3v) is 2.79. The van der Waals surface area contributed by atoms with E-state index in [1.807, 2.05) is 4.98 Å². The highest BCUT2D eigenvalue weighted by atomic mass is 16.6. The second-order valence-corrected chi connectivity index (χ2v) is 4.55. The molecule has 2 aromatic rings. The van der Waals surface area contributed by atoms with Gasteiger partial charge in [0.05, 0.1) is 12.3 Å². The average Bonchev–Trinajstić information content (AvgIpc) is 2.53. The van der Waals surface area contributed by atoms with Gasteiger partial charge in [-0.25, -0.2) is 9.59 Å². The molecule has 1 amide bonds. The lowest BCUT2D eigenvalue weighted by Gasteiger charge is -2.11. The first-order valence-corrected chi connectivity index (χ1v) is 7.02. The summed E-state index contributed by atoms with van der Waals surface area (Å²) in [7, 11) is 0. The Morgan fingerprint density at radius 2 is 1.92 bits per heavy atom. The minimum absolute atomic E-state index is 0.205. The summed E-state index contributed by atoms with van der Waals surface area (Å²) in [6.07, 6.45) is 0. The van der Waals surface area contributed by atoms with Crippen LogP contribution < -0.4 is 21.3 Å². The number of ether oxygens (including phenoxy) is 2. The van der Waals surface area contributed by atoms with Crippen molar-refractivity contribution < 1.29 is 19.1 Å². The number of benzene rings is 1. The van der Waals surface area contributed by atoms with Gasteiger partial charge >= 0.3 is 11.7 Å². The van der Waals surface area contributed by atoms with Crippen LogP contribution in [-0.2, 0) is 9.53 Å². The molecule has 1 aromatic heterocycles. The molecular weight excluding hydrogens is 318 g/mol. The van der Waals surface area contributed by atoms with Crippen LogP contribution in [0.2, 0.25) is 0 Å². The van der Waals surface area contributed by atoms with Gasteiger partial charge in [-0.05, 0) is 19.1 Å². The SMILES string of the molecule is CCOC(=O)COc1ccccc1NC(=O)c1cc(=O)[nH]c(=O)[nH]1. The zero-order valence-corrected chi connectivity index (χ0v) is 12.8. The molecule has 0 aliphatic carbocycles. The molecule has 0 saturated carbocycles. The van der Waals surface area contributed by atoms with Gasteiger partial charge in [0.1, 0.15) is 11.4 Å². The zero-order valence-electron chi connectivity index (χ0n) is 12.8. The van der Waals surface area contributed by atoms with Gasteiger partial charge in [-0.2, -0.15) is 0 Å². The van der Waals surface area contributed by atoms with Crippen molar-refractivity contribution in [3.05, 3.63) is 56.9 Å². The Hall–Kier alpha value is -3.36. The van der Waals surface area contributed by atoms with Crippen molar-refractivity contribution in [1.82, 2.24) is 9.97 Å². The smallest absolute Gasteiger partial charge is 0.344 e. The molecule has 9 heteroatoms. The summed E-state index contributed by atoms with van der Waals surface area (Å²) in [5.41, 5.74) is -1.42. The number of anilines is 1. The van der Waals surface area contributed by atoms with Crippen LogP contribution >= 0.6 is 0 Å². The number of hydrogen-bond donors (Lipinski definition) is 3. The van der Waals surface area contributed by atoms with Crippen LogP contribution in [0.25, 0.3) is 0 Å². The molecule has 0 aliphatic rings. The summed E-state index contributed by atoms with van der Waals surface area (Å²) in [5.74, 6) is -1.01. The number of esters is 1.